The molecule has 1 aromatic rings. The molecule has 20 heavy (non-hydrogen) atoms. The number of ether oxygens (including phenoxy) is 1. The molecule has 6 nitrogen and oxygen atoms in total. The van der Waals surface area contributed by atoms with E-state index < -0.39 is 11.4 Å². The molecule has 0 bridgehead atoms. The Hall–Kier alpha value is -1.43. The fourth-order valence-corrected chi connectivity index (χ4v) is 3.26. The second-order valence-electron chi connectivity index (χ2n) is 5.93. The fourth-order valence-electron chi connectivity index (χ4n) is 3.26. The number of carboxylic acids is 1. The van der Waals surface area contributed by atoms with Gasteiger partial charge in [0.15, 0.2) is 5.82 Å². The van der Waals surface area contributed by atoms with Gasteiger partial charge in [-0.25, -0.2) is 0 Å². The first-order chi connectivity index (χ1) is 9.70. The van der Waals surface area contributed by atoms with Crippen molar-refractivity contribution in [1.29, 1.82) is 0 Å². The molecule has 0 amide bonds. The van der Waals surface area contributed by atoms with Gasteiger partial charge in [-0.15, -0.1) is 0 Å². The van der Waals surface area contributed by atoms with E-state index in [4.69, 9.17) is 9.26 Å². The molecule has 6 heteroatoms. The Labute approximate surface area is 117 Å². The summed E-state index contributed by atoms with van der Waals surface area (Å²) in [6, 6.07) is 0. The van der Waals surface area contributed by atoms with Crippen LogP contribution in [0.1, 0.15) is 56.2 Å². The number of hydrogen-bond acceptors (Lipinski definition) is 5. The zero-order chi connectivity index (χ0) is 14.0. The summed E-state index contributed by atoms with van der Waals surface area (Å²) in [6.07, 6.45) is 5.69. The Morgan fingerprint density at radius 2 is 2.15 bits per heavy atom. The van der Waals surface area contributed by atoms with Crippen molar-refractivity contribution < 1.29 is 19.2 Å². The van der Waals surface area contributed by atoms with Gasteiger partial charge in [0.1, 0.15) is 0 Å². The maximum atomic E-state index is 11.5. The van der Waals surface area contributed by atoms with Crippen molar-refractivity contribution in [3.8, 4) is 0 Å². The lowest BCUT2D eigenvalue weighted by atomic mass is 9.83. The van der Waals surface area contributed by atoms with Gasteiger partial charge in [-0.1, -0.05) is 18.0 Å². The van der Waals surface area contributed by atoms with E-state index in [1.807, 2.05) is 0 Å². The van der Waals surface area contributed by atoms with Crippen molar-refractivity contribution in [2.75, 3.05) is 13.2 Å². The normalized spacial score (nSPS) is 25.7. The molecule has 3 rings (SSSR count). The monoisotopic (exact) mass is 280 g/mol. The fraction of sp³-hybridized carbons (Fsp3) is 0.786. The lowest BCUT2D eigenvalue weighted by Gasteiger charge is -2.21. The van der Waals surface area contributed by atoms with Gasteiger partial charge in [0.2, 0.25) is 5.89 Å². The molecule has 2 heterocycles. The number of carboxylic acid groups (broad SMARTS) is 1. The van der Waals surface area contributed by atoms with Gasteiger partial charge < -0.3 is 14.4 Å². The topological polar surface area (TPSA) is 85.5 Å². The minimum absolute atomic E-state index is 0.186. The minimum atomic E-state index is -0.740. The van der Waals surface area contributed by atoms with Crippen LogP contribution in [0.25, 0.3) is 0 Å². The third kappa shape index (κ3) is 2.57. The molecule has 0 radical (unpaired) electrons. The summed E-state index contributed by atoms with van der Waals surface area (Å²) >= 11 is 0. The summed E-state index contributed by atoms with van der Waals surface area (Å²) in [4.78, 5) is 15.9. The molecule has 1 saturated heterocycles. The van der Waals surface area contributed by atoms with Crippen LogP contribution in [0.4, 0.5) is 0 Å². The summed E-state index contributed by atoms with van der Waals surface area (Å²) in [5.74, 6) is 0.564. The highest BCUT2D eigenvalue weighted by atomic mass is 16.5. The third-order valence-electron chi connectivity index (χ3n) is 4.51. The Bertz CT molecular complexity index is 473. The van der Waals surface area contributed by atoms with Gasteiger partial charge >= 0.3 is 5.97 Å². The van der Waals surface area contributed by atoms with Gasteiger partial charge in [-0.2, -0.15) is 4.98 Å². The highest BCUT2D eigenvalue weighted by Gasteiger charge is 2.43. The van der Waals surface area contributed by atoms with Crippen molar-refractivity contribution in [1.82, 2.24) is 10.1 Å². The number of rotatable bonds is 4. The highest BCUT2D eigenvalue weighted by molar-refractivity contribution is 5.75. The van der Waals surface area contributed by atoms with Crippen LogP contribution in [-0.4, -0.2) is 34.4 Å². The summed E-state index contributed by atoms with van der Waals surface area (Å²) in [5.41, 5.74) is -0.702. The van der Waals surface area contributed by atoms with Crippen LogP contribution in [0.3, 0.4) is 0 Å². The van der Waals surface area contributed by atoms with Gasteiger partial charge in [-0.3, -0.25) is 4.79 Å². The van der Waals surface area contributed by atoms with E-state index in [1.54, 1.807) is 0 Å². The van der Waals surface area contributed by atoms with Gasteiger partial charge in [0.25, 0.3) is 0 Å². The molecule has 2 aliphatic rings. The smallest absolute Gasteiger partial charge is 0.310 e. The summed E-state index contributed by atoms with van der Waals surface area (Å²) in [6.45, 7) is 1.42. The molecule has 1 aromatic heterocycles. The van der Waals surface area contributed by atoms with Gasteiger partial charge in [0.05, 0.1) is 12.0 Å². The van der Waals surface area contributed by atoms with Gasteiger partial charge in [-0.05, 0) is 25.7 Å². The number of hydrogen-bond donors (Lipinski definition) is 1. The Balaban J connectivity index is 1.71. The van der Waals surface area contributed by atoms with Crippen molar-refractivity contribution in [2.24, 2.45) is 5.41 Å². The predicted molar refractivity (Wildman–Crippen MR) is 69.3 cm³/mol. The molecule has 1 aliphatic heterocycles. The first-order valence-electron chi connectivity index (χ1n) is 7.33. The minimum Gasteiger partial charge on any atom is -0.481 e. The zero-order valence-electron chi connectivity index (χ0n) is 11.5. The first kappa shape index (κ1) is 13.5. The third-order valence-corrected chi connectivity index (χ3v) is 4.51. The molecule has 0 spiro atoms. The average molecular weight is 280 g/mol. The molecule has 1 aliphatic carbocycles. The Morgan fingerprint density at radius 1 is 1.35 bits per heavy atom. The van der Waals surface area contributed by atoms with Crippen molar-refractivity contribution in [2.45, 2.75) is 50.9 Å². The van der Waals surface area contributed by atoms with E-state index in [2.05, 4.69) is 10.1 Å². The SMILES string of the molecule is O=C(O)C1(Cc2nc(C3CCCOC3)no2)CCCC1. The lowest BCUT2D eigenvalue weighted by Crippen LogP contribution is -2.30. The van der Waals surface area contributed by atoms with Crippen LogP contribution in [0.2, 0.25) is 0 Å². The molecule has 2 fully saturated rings. The van der Waals surface area contributed by atoms with Crippen LogP contribution in [0.5, 0.6) is 0 Å². The largest absolute Gasteiger partial charge is 0.481 e. The molecule has 1 atom stereocenters. The maximum Gasteiger partial charge on any atom is 0.310 e. The summed E-state index contributed by atoms with van der Waals surface area (Å²) in [7, 11) is 0. The molecule has 1 N–H and O–H groups in total. The highest BCUT2D eigenvalue weighted by Crippen LogP contribution is 2.41. The van der Waals surface area contributed by atoms with Gasteiger partial charge in [0, 0.05) is 18.9 Å². The molecule has 1 saturated carbocycles. The first-order valence-corrected chi connectivity index (χ1v) is 7.33. The number of nitrogens with zero attached hydrogens (tertiary/aromatic N) is 2. The number of aliphatic carboxylic acids is 1. The average Bonchev–Trinajstić information content (AvgIpc) is 3.10. The summed E-state index contributed by atoms with van der Waals surface area (Å²) < 4.78 is 10.7. The summed E-state index contributed by atoms with van der Waals surface area (Å²) in [5, 5.41) is 13.5. The predicted octanol–water partition coefficient (Wildman–Crippen LogP) is 2.15. The van der Waals surface area contributed by atoms with Crippen LogP contribution in [0, 0.1) is 5.41 Å². The second-order valence-corrected chi connectivity index (χ2v) is 5.93. The molecule has 1 unspecified atom stereocenters. The van der Waals surface area contributed by atoms with E-state index in [0.717, 1.165) is 32.3 Å². The molecule has 0 aromatic carbocycles. The number of carbonyl (C=O) groups is 1. The Kier molecular flexibility index (Phi) is 3.74. The molecule has 110 valence electrons. The van der Waals surface area contributed by atoms with E-state index in [-0.39, 0.29) is 5.92 Å². The lowest BCUT2D eigenvalue weighted by molar-refractivity contribution is -0.148. The van der Waals surface area contributed by atoms with E-state index in [9.17, 15) is 9.90 Å². The zero-order valence-corrected chi connectivity index (χ0v) is 11.5. The second kappa shape index (κ2) is 5.52. The van der Waals surface area contributed by atoms with Crippen molar-refractivity contribution in [3.05, 3.63) is 11.7 Å². The molecular weight excluding hydrogens is 260 g/mol. The standard InChI is InChI=1S/C14H20N2O4/c17-13(18)14(5-1-2-6-14)8-11-15-12(16-20-11)10-4-3-7-19-9-10/h10H,1-9H2,(H,17,18). The van der Waals surface area contributed by atoms with E-state index in [0.29, 0.717) is 37.6 Å². The maximum absolute atomic E-state index is 11.5. The van der Waals surface area contributed by atoms with Crippen LogP contribution in [-0.2, 0) is 16.0 Å². The van der Waals surface area contributed by atoms with E-state index >= 15 is 0 Å². The van der Waals surface area contributed by atoms with Crippen LogP contribution >= 0.6 is 0 Å². The Morgan fingerprint density at radius 3 is 2.80 bits per heavy atom. The van der Waals surface area contributed by atoms with Crippen LogP contribution < -0.4 is 0 Å². The quantitative estimate of drug-likeness (QED) is 0.909. The van der Waals surface area contributed by atoms with Crippen molar-refractivity contribution in [3.63, 3.8) is 0 Å². The van der Waals surface area contributed by atoms with Crippen molar-refractivity contribution >= 4 is 5.97 Å². The molecular formula is C14H20N2O4. The van der Waals surface area contributed by atoms with Crippen LogP contribution in [0.15, 0.2) is 4.52 Å². The number of aromatic nitrogens is 2. The van der Waals surface area contributed by atoms with E-state index in [1.165, 1.54) is 0 Å².